The molecule has 4 atom stereocenters. The molecule has 6 aromatic rings. The number of sulfonamides is 1. The number of primary amides is 1. The molecule has 0 saturated heterocycles. The molecule has 8 rings (SSSR count). The Balaban J connectivity index is 1.45. The summed E-state index contributed by atoms with van der Waals surface area (Å²) in [6, 6.07) is 5.93. The van der Waals surface area contributed by atoms with Crippen LogP contribution >= 0.6 is 11.6 Å². The van der Waals surface area contributed by atoms with E-state index in [2.05, 4.69) is 19.9 Å². The summed E-state index contributed by atoms with van der Waals surface area (Å²) in [5.41, 5.74) is 3.69. The number of nitrogens with one attached hydrogen (secondary N) is 2. The minimum atomic E-state index is -4.06. The van der Waals surface area contributed by atoms with Gasteiger partial charge in [-0.05, 0) is 54.7 Å². The number of alkyl halides is 6. The number of aromatic nitrogens is 6. The minimum Gasteiger partial charge on any atom is -0.368 e. The predicted octanol–water partition coefficient (Wildman–Crippen LogP) is 7.54. The molecule has 4 N–H and O–H groups in total. The van der Waals surface area contributed by atoms with Crippen LogP contribution in [0.1, 0.15) is 58.9 Å². The molecule has 0 radical (unpaired) electrons. The Bertz CT molecular complexity index is 2680. The maximum absolute atomic E-state index is 16.0. The summed E-state index contributed by atoms with van der Waals surface area (Å²) in [6.07, 6.45) is -4.77. The standard InChI is InChI=1S/C35H27ClF8N8O3S/c1-56(54,55)50-34-26-21(36)3-2-16(29(26)51(49-34)12-24(39)40)17-11-23-22(4-5-46-23)47-27(17)19(8-13-6-14(37)9-15(38)7-13)30(33(45)53)52-31-25(28(48-52)32(41)42)18-10-20(18)35(31,43)44/h2-7,9,11,18-20,24,30,32,46H,8,10,12H2,1H3,(H2,45,53)(H,49,50)/t18-,19+,20+,30?/m0/s1. The number of hydrogen-bond acceptors (Lipinski definition) is 6. The number of nitrogens with two attached hydrogens (primary N) is 1. The molecule has 294 valence electrons. The largest absolute Gasteiger partial charge is 0.368 e. The lowest BCUT2D eigenvalue weighted by Crippen LogP contribution is -2.37. The molecule has 0 spiro atoms. The van der Waals surface area contributed by atoms with E-state index in [0.29, 0.717) is 16.3 Å². The third-order valence-corrected chi connectivity index (χ3v) is 11.0. The van der Waals surface area contributed by atoms with Gasteiger partial charge in [-0.25, -0.2) is 39.4 Å². The van der Waals surface area contributed by atoms with E-state index in [-0.39, 0.29) is 50.2 Å². The van der Waals surface area contributed by atoms with Crippen LogP contribution in [0.3, 0.4) is 0 Å². The zero-order chi connectivity index (χ0) is 40.2. The van der Waals surface area contributed by atoms with Crippen molar-refractivity contribution in [3.63, 3.8) is 0 Å². The van der Waals surface area contributed by atoms with Crippen molar-refractivity contribution in [3.05, 3.63) is 93.5 Å². The van der Waals surface area contributed by atoms with E-state index in [1.165, 1.54) is 30.5 Å². The first-order valence-electron chi connectivity index (χ1n) is 16.8. The minimum absolute atomic E-state index is 0.00211. The molecular weight excluding hydrogens is 800 g/mol. The van der Waals surface area contributed by atoms with Crippen molar-refractivity contribution in [1.29, 1.82) is 0 Å². The smallest absolute Gasteiger partial charge is 0.293 e. The molecule has 2 aliphatic carbocycles. The Morgan fingerprint density at radius 2 is 1.77 bits per heavy atom. The van der Waals surface area contributed by atoms with Crippen LogP contribution in [0.25, 0.3) is 33.1 Å². The fourth-order valence-corrected chi connectivity index (χ4v) is 8.68. The van der Waals surface area contributed by atoms with E-state index in [0.717, 1.165) is 23.1 Å². The zero-order valence-corrected chi connectivity index (χ0v) is 30.1. The summed E-state index contributed by atoms with van der Waals surface area (Å²) in [6.45, 7) is -1.08. The van der Waals surface area contributed by atoms with E-state index in [4.69, 9.17) is 22.3 Å². The number of anilines is 1. The first kappa shape index (κ1) is 37.7. The Hall–Kier alpha value is -5.24. The molecule has 2 aromatic carbocycles. The van der Waals surface area contributed by atoms with Gasteiger partial charge in [-0.3, -0.25) is 19.2 Å². The number of halogens is 9. The van der Waals surface area contributed by atoms with Crippen molar-refractivity contribution in [2.45, 2.75) is 56.0 Å². The summed E-state index contributed by atoms with van der Waals surface area (Å²) in [4.78, 5) is 21.4. The average Bonchev–Trinajstić information content (AvgIpc) is 3.31. The van der Waals surface area contributed by atoms with E-state index < -0.39 is 106 Å². The van der Waals surface area contributed by atoms with E-state index in [9.17, 15) is 39.6 Å². The normalized spacial score (nSPS) is 18.5. The molecule has 4 aromatic heterocycles. The molecule has 4 heterocycles. The molecule has 1 saturated carbocycles. The van der Waals surface area contributed by atoms with Crippen molar-refractivity contribution in [3.8, 4) is 11.1 Å². The van der Waals surface area contributed by atoms with Gasteiger partial charge in [-0.15, -0.1) is 0 Å². The molecule has 11 nitrogen and oxygen atoms in total. The highest BCUT2D eigenvalue weighted by Gasteiger charge is 2.67. The summed E-state index contributed by atoms with van der Waals surface area (Å²) in [5.74, 6) is -11.5. The first-order valence-corrected chi connectivity index (χ1v) is 19.1. The number of nitrogens with zero attached hydrogens (tertiary/aromatic N) is 5. The van der Waals surface area contributed by atoms with Crippen molar-refractivity contribution < 1.29 is 48.3 Å². The van der Waals surface area contributed by atoms with Crippen LogP contribution in [0.2, 0.25) is 5.02 Å². The van der Waals surface area contributed by atoms with Gasteiger partial charge in [0, 0.05) is 40.8 Å². The van der Waals surface area contributed by atoms with Crippen LogP contribution < -0.4 is 10.5 Å². The summed E-state index contributed by atoms with van der Waals surface area (Å²) in [7, 11) is -4.06. The zero-order valence-electron chi connectivity index (χ0n) is 28.6. The van der Waals surface area contributed by atoms with Crippen molar-refractivity contribution >= 4 is 55.3 Å². The Labute approximate surface area is 315 Å². The van der Waals surface area contributed by atoms with E-state index in [1.807, 2.05) is 0 Å². The number of carbonyl (C=O) groups excluding carboxylic acids is 1. The number of rotatable bonds is 12. The topological polar surface area (TPSA) is 154 Å². The van der Waals surface area contributed by atoms with Gasteiger partial charge < -0.3 is 10.7 Å². The van der Waals surface area contributed by atoms with Gasteiger partial charge in [-0.2, -0.15) is 19.0 Å². The van der Waals surface area contributed by atoms with Gasteiger partial charge >= 0.3 is 0 Å². The fraction of sp³-hybridized carbons (Fsp3) is 0.314. The summed E-state index contributed by atoms with van der Waals surface area (Å²) in [5, 5.41) is 7.70. The fourth-order valence-electron chi connectivity index (χ4n) is 7.95. The molecule has 1 unspecified atom stereocenters. The van der Waals surface area contributed by atoms with Gasteiger partial charge in [0.2, 0.25) is 15.9 Å². The summed E-state index contributed by atoms with van der Waals surface area (Å²) >= 11 is 6.54. The van der Waals surface area contributed by atoms with Gasteiger partial charge in [-0.1, -0.05) is 17.7 Å². The van der Waals surface area contributed by atoms with E-state index in [1.54, 1.807) is 0 Å². The van der Waals surface area contributed by atoms with Crippen LogP contribution in [-0.4, -0.2) is 56.5 Å². The van der Waals surface area contributed by atoms with Crippen molar-refractivity contribution in [2.75, 3.05) is 11.0 Å². The highest BCUT2D eigenvalue weighted by molar-refractivity contribution is 7.92. The lowest BCUT2D eigenvalue weighted by Gasteiger charge is -2.29. The maximum Gasteiger partial charge on any atom is 0.293 e. The lowest BCUT2D eigenvalue weighted by atomic mass is 9.84. The highest BCUT2D eigenvalue weighted by Crippen LogP contribution is 2.68. The van der Waals surface area contributed by atoms with Gasteiger partial charge in [0.15, 0.2) is 5.82 Å². The van der Waals surface area contributed by atoms with Crippen LogP contribution in [0.4, 0.5) is 40.9 Å². The number of amides is 1. The molecule has 21 heteroatoms. The van der Waals surface area contributed by atoms with Crippen LogP contribution in [0.15, 0.2) is 48.7 Å². The molecule has 0 bridgehead atoms. The number of H-pyrrole nitrogens is 1. The second-order valence-corrected chi connectivity index (χ2v) is 16.0. The van der Waals surface area contributed by atoms with Crippen LogP contribution in [0.5, 0.6) is 0 Å². The number of benzene rings is 2. The molecule has 0 aliphatic heterocycles. The number of fused-ring (bicyclic) bond motifs is 5. The Kier molecular flexibility index (Phi) is 8.86. The molecular formula is C35H27ClF8N8O3S. The van der Waals surface area contributed by atoms with Gasteiger partial charge in [0.25, 0.3) is 18.8 Å². The third-order valence-electron chi connectivity index (χ3n) is 10.1. The predicted molar refractivity (Wildman–Crippen MR) is 187 cm³/mol. The number of pyridine rings is 1. The Morgan fingerprint density at radius 3 is 2.41 bits per heavy atom. The summed E-state index contributed by atoms with van der Waals surface area (Å²) < 4.78 is 147. The van der Waals surface area contributed by atoms with Crippen molar-refractivity contribution in [1.82, 2.24) is 29.5 Å². The number of carbonyl (C=O) groups is 1. The van der Waals surface area contributed by atoms with Crippen molar-refractivity contribution in [2.24, 2.45) is 11.7 Å². The SMILES string of the molecule is CS(=O)(=O)Nc1nn(CC(F)F)c2c(-c3cc4[nH]ccc4nc3[C@@H](Cc3cc(F)cc(F)c3)C(C(N)=O)n3nc(C(F)F)c4c3C(F)(F)[C@@H]3C[C@H]43)ccc(Cl)c12. The molecule has 1 fully saturated rings. The first-order chi connectivity index (χ1) is 26.3. The number of aromatic amines is 1. The van der Waals surface area contributed by atoms with Gasteiger partial charge in [0.1, 0.15) is 35.6 Å². The molecule has 56 heavy (non-hydrogen) atoms. The quantitative estimate of drug-likeness (QED) is 0.108. The third kappa shape index (κ3) is 6.31. The molecule has 2 aliphatic rings. The van der Waals surface area contributed by atoms with Crippen LogP contribution in [-0.2, 0) is 33.7 Å². The monoisotopic (exact) mass is 826 g/mol. The lowest BCUT2D eigenvalue weighted by molar-refractivity contribution is -0.122. The second-order valence-electron chi connectivity index (χ2n) is 13.8. The maximum atomic E-state index is 16.0. The number of hydrogen-bond donors (Lipinski definition) is 3. The van der Waals surface area contributed by atoms with Gasteiger partial charge in [0.05, 0.1) is 38.9 Å². The average molecular weight is 827 g/mol. The van der Waals surface area contributed by atoms with Crippen LogP contribution in [0, 0.1) is 17.6 Å². The second kappa shape index (κ2) is 13.2. The van der Waals surface area contributed by atoms with E-state index >= 15 is 8.78 Å². The molecule has 1 amide bonds. The Morgan fingerprint density at radius 1 is 1.05 bits per heavy atom. The highest BCUT2D eigenvalue weighted by atomic mass is 35.5.